The van der Waals surface area contributed by atoms with Crippen LogP contribution < -0.4 is 11.3 Å². The number of nitrogens with two attached hydrogens (primary N) is 1. The van der Waals surface area contributed by atoms with E-state index in [-0.39, 0.29) is 11.6 Å². The topological polar surface area (TPSA) is 48.0 Å². The molecule has 0 aliphatic rings. The normalized spacial score (nSPS) is 12.9. The largest absolute Gasteiger partial charge is 0.326 e. The zero-order valence-corrected chi connectivity index (χ0v) is 10.0. The lowest BCUT2D eigenvalue weighted by molar-refractivity contribution is 0.498. The van der Waals surface area contributed by atoms with Crippen LogP contribution in [0.25, 0.3) is 0 Å². The van der Waals surface area contributed by atoms with Gasteiger partial charge < -0.3 is 10.3 Å². The van der Waals surface area contributed by atoms with Crippen LogP contribution in [-0.4, -0.2) is 4.57 Å². The van der Waals surface area contributed by atoms with Crippen molar-refractivity contribution in [1.82, 2.24) is 4.57 Å². The van der Waals surface area contributed by atoms with E-state index in [0.29, 0.717) is 6.54 Å². The number of rotatable bonds is 3. The second-order valence-corrected chi connectivity index (χ2v) is 4.08. The average molecular weight is 208 g/mol. The molecule has 1 rings (SSSR count). The second kappa shape index (κ2) is 4.62. The second-order valence-electron chi connectivity index (χ2n) is 4.08. The van der Waals surface area contributed by atoms with Gasteiger partial charge in [0, 0.05) is 23.8 Å². The molecule has 15 heavy (non-hydrogen) atoms. The van der Waals surface area contributed by atoms with Crippen LogP contribution >= 0.6 is 0 Å². The predicted octanol–water partition coefficient (Wildman–Crippen LogP) is 1.89. The summed E-state index contributed by atoms with van der Waals surface area (Å²) in [6, 6.07) is 2.28. The molecule has 1 unspecified atom stereocenters. The lowest BCUT2D eigenvalue weighted by Crippen LogP contribution is -2.30. The first kappa shape index (κ1) is 12.0. The van der Waals surface area contributed by atoms with E-state index in [2.05, 4.69) is 13.8 Å². The standard InChI is InChI=1S/C12H20N2O/c1-5-9(3)14-10(4)6-8(2)11(7-13)12(14)15/h6,9H,5,7,13H2,1-4H3. The molecule has 0 spiro atoms. The molecule has 0 aliphatic carbocycles. The van der Waals surface area contributed by atoms with Crippen molar-refractivity contribution in [2.75, 3.05) is 0 Å². The number of hydrogen-bond donors (Lipinski definition) is 1. The molecule has 0 amide bonds. The average Bonchev–Trinajstić information content (AvgIpc) is 2.17. The summed E-state index contributed by atoms with van der Waals surface area (Å²) >= 11 is 0. The van der Waals surface area contributed by atoms with Crippen molar-refractivity contribution in [3.05, 3.63) is 33.2 Å². The Hall–Kier alpha value is -1.09. The lowest BCUT2D eigenvalue weighted by atomic mass is 10.1. The fraction of sp³-hybridized carbons (Fsp3) is 0.583. The summed E-state index contributed by atoms with van der Waals surface area (Å²) in [5.74, 6) is 0. The van der Waals surface area contributed by atoms with Gasteiger partial charge in [-0.1, -0.05) is 6.92 Å². The molecule has 1 heterocycles. The van der Waals surface area contributed by atoms with E-state index in [4.69, 9.17) is 5.73 Å². The quantitative estimate of drug-likeness (QED) is 0.824. The van der Waals surface area contributed by atoms with Gasteiger partial charge in [-0.3, -0.25) is 4.79 Å². The Labute approximate surface area is 90.9 Å². The highest BCUT2D eigenvalue weighted by molar-refractivity contribution is 5.26. The smallest absolute Gasteiger partial charge is 0.255 e. The minimum absolute atomic E-state index is 0.0735. The van der Waals surface area contributed by atoms with Crippen molar-refractivity contribution in [2.24, 2.45) is 5.73 Å². The first-order valence-corrected chi connectivity index (χ1v) is 5.44. The SMILES string of the molecule is CCC(C)n1c(C)cc(C)c(CN)c1=O. The Bertz CT molecular complexity index is 407. The fourth-order valence-electron chi connectivity index (χ4n) is 1.92. The molecule has 2 N–H and O–H groups in total. The Morgan fingerprint density at radius 2 is 2.07 bits per heavy atom. The summed E-state index contributed by atoms with van der Waals surface area (Å²) in [5, 5.41) is 0. The van der Waals surface area contributed by atoms with Crippen molar-refractivity contribution >= 4 is 0 Å². The number of aryl methyl sites for hydroxylation is 2. The van der Waals surface area contributed by atoms with Crippen molar-refractivity contribution in [3.8, 4) is 0 Å². The van der Waals surface area contributed by atoms with Crippen LogP contribution in [0.2, 0.25) is 0 Å². The molecule has 0 radical (unpaired) electrons. The molecule has 3 nitrogen and oxygen atoms in total. The van der Waals surface area contributed by atoms with Crippen molar-refractivity contribution in [3.63, 3.8) is 0 Å². The van der Waals surface area contributed by atoms with Crippen LogP contribution in [-0.2, 0) is 6.54 Å². The number of aromatic nitrogens is 1. The first-order chi connectivity index (χ1) is 7.02. The highest BCUT2D eigenvalue weighted by Crippen LogP contribution is 2.13. The van der Waals surface area contributed by atoms with E-state index in [1.165, 1.54) is 0 Å². The Balaban J connectivity index is 3.46. The highest BCUT2D eigenvalue weighted by atomic mass is 16.1. The van der Waals surface area contributed by atoms with E-state index >= 15 is 0 Å². The summed E-state index contributed by atoms with van der Waals surface area (Å²) in [5.41, 5.74) is 8.43. The maximum atomic E-state index is 12.1. The number of nitrogens with zero attached hydrogens (tertiary/aromatic N) is 1. The van der Waals surface area contributed by atoms with Gasteiger partial charge in [0.05, 0.1) is 0 Å². The van der Waals surface area contributed by atoms with Crippen LogP contribution in [0.15, 0.2) is 10.9 Å². The van der Waals surface area contributed by atoms with E-state index in [9.17, 15) is 4.79 Å². The van der Waals surface area contributed by atoms with Gasteiger partial charge in [0.1, 0.15) is 0 Å². The Morgan fingerprint density at radius 1 is 1.47 bits per heavy atom. The molecule has 1 atom stereocenters. The van der Waals surface area contributed by atoms with Crippen molar-refractivity contribution in [2.45, 2.75) is 46.7 Å². The van der Waals surface area contributed by atoms with Gasteiger partial charge in [-0.05, 0) is 38.8 Å². The van der Waals surface area contributed by atoms with Gasteiger partial charge in [-0.25, -0.2) is 0 Å². The van der Waals surface area contributed by atoms with E-state index < -0.39 is 0 Å². The molecule has 3 heteroatoms. The zero-order valence-electron chi connectivity index (χ0n) is 10.0. The molecule has 1 aromatic heterocycles. The first-order valence-electron chi connectivity index (χ1n) is 5.44. The Kier molecular flexibility index (Phi) is 3.69. The fourth-order valence-corrected chi connectivity index (χ4v) is 1.92. The number of pyridine rings is 1. The van der Waals surface area contributed by atoms with Gasteiger partial charge in [-0.2, -0.15) is 0 Å². The molecular formula is C12H20N2O. The van der Waals surface area contributed by atoms with Crippen LogP contribution in [0.5, 0.6) is 0 Å². The third kappa shape index (κ3) is 2.12. The third-order valence-electron chi connectivity index (χ3n) is 2.99. The van der Waals surface area contributed by atoms with Crippen LogP contribution in [0.4, 0.5) is 0 Å². The molecular weight excluding hydrogens is 188 g/mol. The minimum atomic E-state index is 0.0735. The molecule has 0 fully saturated rings. The van der Waals surface area contributed by atoms with Gasteiger partial charge in [0.2, 0.25) is 0 Å². The predicted molar refractivity (Wildman–Crippen MR) is 63.1 cm³/mol. The number of hydrogen-bond acceptors (Lipinski definition) is 2. The van der Waals surface area contributed by atoms with Gasteiger partial charge in [0.15, 0.2) is 0 Å². The van der Waals surface area contributed by atoms with Gasteiger partial charge in [-0.15, -0.1) is 0 Å². The maximum absolute atomic E-state index is 12.1. The molecule has 84 valence electrons. The monoisotopic (exact) mass is 208 g/mol. The molecule has 0 aliphatic heterocycles. The summed E-state index contributed by atoms with van der Waals surface area (Å²) in [4.78, 5) is 12.1. The summed E-state index contributed by atoms with van der Waals surface area (Å²) in [7, 11) is 0. The van der Waals surface area contributed by atoms with Crippen LogP contribution in [0, 0.1) is 13.8 Å². The van der Waals surface area contributed by atoms with Crippen LogP contribution in [0.1, 0.15) is 43.1 Å². The van der Waals surface area contributed by atoms with Gasteiger partial charge in [0.25, 0.3) is 5.56 Å². The molecule has 1 aromatic rings. The third-order valence-corrected chi connectivity index (χ3v) is 2.99. The van der Waals surface area contributed by atoms with Crippen LogP contribution in [0.3, 0.4) is 0 Å². The lowest BCUT2D eigenvalue weighted by Gasteiger charge is -2.18. The molecule has 0 aromatic carbocycles. The Morgan fingerprint density at radius 3 is 2.53 bits per heavy atom. The van der Waals surface area contributed by atoms with Gasteiger partial charge >= 0.3 is 0 Å². The molecule has 0 bridgehead atoms. The summed E-state index contributed by atoms with van der Waals surface area (Å²) < 4.78 is 1.84. The highest BCUT2D eigenvalue weighted by Gasteiger charge is 2.12. The maximum Gasteiger partial charge on any atom is 0.255 e. The van der Waals surface area contributed by atoms with E-state index in [0.717, 1.165) is 23.2 Å². The summed E-state index contributed by atoms with van der Waals surface area (Å²) in [6.07, 6.45) is 0.952. The van der Waals surface area contributed by atoms with E-state index in [1.807, 2.05) is 24.5 Å². The van der Waals surface area contributed by atoms with E-state index in [1.54, 1.807) is 0 Å². The molecule has 0 saturated heterocycles. The minimum Gasteiger partial charge on any atom is -0.326 e. The zero-order chi connectivity index (χ0) is 11.6. The van der Waals surface area contributed by atoms with Crippen molar-refractivity contribution in [1.29, 1.82) is 0 Å². The molecule has 0 saturated carbocycles. The summed E-state index contributed by atoms with van der Waals surface area (Å²) in [6.45, 7) is 8.38. The van der Waals surface area contributed by atoms with Crippen molar-refractivity contribution < 1.29 is 0 Å².